The quantitative estimate of drug-likeness (QED) is 0.815. The van der Waals surface area contributed by atoms with Crippen molar-refractivity contribution in [3.63, 3.8) is 0 Å². The van der Waals surface area contributed by atoms with E-state index in [1.807, 2.05) is 24.3 Å². The van der Waals surface area contributed by atoms with Crippen molar-refractivity contribution in [1.82, 2.24) is 10.6 Å². The summed E-state index contributed by atoms with van der Waals surface area (Å²) in [5, 5.41) is 5.83. The molecule has 1 aliphatic rings. The molecule has 2 aromatic carbocycles. The van der Waals surface area contributed by atoms with Crippen molar-refractivity contribution in [3.8, 4) is 5.75 Å². The van der Waals surface area contributed by atoms with Crippen molar-refractivity contribution in [3.05, 3.63) is 65.2 Å². The van der Waals surface area contributed by atoms with Crippen LogP contribution in [-0.2, 0) is 6.42 Å². The fourth-order valence-electron chi connectivity index (χ4n) is 2.59. The Morgan fingerprint density at radius 1 is 1.00 bits per heavy atom. The number of rotatable bonds is 7. The molecular weight excluding hydrogens is 316 g/mol. The minimum absolute atomic E-state index is 0.0781. The van der Waals surface area contributed by atoms with Crippen LogP contribution < -0.4 is 15.4 Å². The molecule has 0 aliphatic heterocycles. The van der Waals surface area contributed by atoms with Gasteiger partial charge in [-0.2, -0.15) is 0 Å². The van der Waals surface area contributed by atoms with Crippen LogP contribution in [0, 0.1) is 0 Å². The maximum absolute atomic E-state index is 12.2. The molecule has 3 rings (SSSR count). The Kier molecular flexibility index (Phi) is 5.33. The molecular formula is C20H22N2O3. The first-order valence-electron chi connectivity index (χ1n) is 8.48. The molecule has 1 saturated carbocycles. The number of ether oxygens (including phenoxy) is 1. The number of hydrogen-bond donors (Lipinski definition) is 2. The zero-order valence-electron chi connectivity index (χ0n) is 14.2. The molecule has 0 aromatic heterocycles. The highest BCUT2D eigenvalue weighted by Crippen LogP contribution is 2.19. The monoisotopic (exact) mass is 338 g/mol. The van der Waals surface area contributed by atoms with Crippen LogP contribution in [0.4, 0.5) is 0 Å². The molecule has 1 fully saturated rings. The molecule has 2 aromatic rings. The molecule has 0 saturated heterocycles. The van der Waals surface area contributed by atoms with Gasteiger partial charge in [-0.3, -0.25) is 9.59 Å². The number of nitrogens with one attached hydrogen (secondary N) is 2. The van der Waals surface area contributed by atoms with E-state index < -0.39 is 0 Å². The van der Waals surface area contributed by atoms with Crippen LogP contribution in [-0.4, -0.2) is 31.5 Å². The molecule has 5 heteroatoms. The van der Waals surface area contributed by atoms with Crippen LogP contribution in [0.5, 0.6) is 5.75 Å². The Bertz CT molecular complexity index is 752. The first kappa shape index (κ1) is 17.0. The van der Waals surface area contributed by atoms with Gasteiger partial charge in [0.15, 0.2) is 0 Å². The normalized spacial score (nSPS) is 13.2. The molecule has 25 heavy (non-hydrogen) atoms. The Hall–Kier alpha value is -2.82. The smallest absolute Gasteiger partial charge is 0.251 e. The van der Waals surface area contributed by atoms with E-state index >= 15 is 0 Å². The van der Waals surface area contributed by atoms with Crippen LogP contribution in [0.3, 0.4) is 0 Å². The molecule has 0 bridgehead atoms. The van der Waals surface area contributed by atoms with Crippen molar-refractivity contribution in [2.75, 3.05) is 13.7 Å². The lowest BCUT2D eigenvalue weighted by Crippen LogP contribution is -2.27. The van der Waals surface area contributed by atoms with E-state index in [1.54, 1.807) is 31.4 Å². The molecule has 0 heterocycles. The second-order valence-corrected chi connectivity index (χ2v) is 6.14. The standard InChI is InChI=1S/C20H22N2O3/c1-25-18-5-3-2-4-14(18)12-13-21-19(23)15-6-8-16(9-7-15)20(24)22-17-10-11-17/h2-9,17H,10-13H2,1H3,(H,21,23)(H,22,24). The maximum atomic E-state index is 12.2. The zero-order chi connectivity index (χ0) is 17.6. The van der Waals surface area contributed by atoms with Gasteiger partial charge in [-0.05, 0) is 55.2 Å². The van der Waals surface area contributed by atoms with Gasteiger partial charge in [-0.15, -0.1) is 0 Å². The molecule has 0 unspecified atom stereocenters. The van der Waals surface area contributed by atoms with E-state index in [0.29, 0.717) is 30.1 Å². The largest absolute Gasteiger partial charge is 0.496 e. The second-order valence-electron chi connectivity index (χ2n) is 6.14. The highest BCUT2D eigenvalue weighted by Gasteiger charge is 2.23. The number of para-hydroxylation sites is 1. The predicted octanol–water partition coefficient (Wildman–Crippen LogP) is 2.56. The topological polar surface area (TPSA) is 67.4 Å². The second kappa shape index (κ2) is 7.83. The summed E-state index contributed by atoms with van der Waals surface area (Å²) in [7, 11) is 1.64. The Morgan fingerprint density at radius 2 is 1.64 bits per heavy atom. The van der Waals surface area contributed by atoms with Crippen molar-refractivity contribution in [2.45, 2.75) is 25.3 Å². The van der Waals surface area contributed by atoms with Crippen molar-refractivity contribution >= 4 is 11.8 Å². The van der Waals surface area contributed by atoms with E-state index in [0.717, 1.165) is 24.2 Å². The van der Waals surface area contributed by atoms with Crippen LogP contribution >= 0.6 is 0 Å². The Balaban J connectivity index is 1.51. The van der Waals surface area contributed by atoms with Crippen LogP contribution in [0.2, 0.25) is 0 Å². The van der Waals surface area contributed by atoms with Gasteiger partial charge in [-0.25, -0.2) is 0 Å². The average molecular weight is 338 g/mol. The fourth-order valence-corrected chi connectivity index (χ4v) is 2.59. The lowest BCUT2D eigenvalue weighted by molar-refractivity contribution is 0.0940. The average Bonchev–Trinajstić information content (AvgIpc) is 3.46. The lowest BCUT2D eigenvalue weighted by Gasteiger charge is -2.09. The summed E-state index contributed by atoms with van der Waals surface area (Å²) in [5.41, 5.74) is 2.18. The van der Waals surface area contributed by atoms with Gasteiger partial charge >= 0.3 is 0 Å². The van der Waals surface area contributed by atoms with Gasteiger partial charge in [0, 0.05) is 23.7 Å². The van der Waals surface area contributed by atoms with E-state index in [-0.39, 0.29) is 11.8 Å². The Labute approximate surface area is 147 Å². The SMILES string of the molecule is COc1ccccc1CCNC(=O)c1ccc(C(=O)NC2CC2)cc1. The number of methoxy groups -OCH3 is 1. The molecule has 0 spiro atoms. The summed E-state index contributed by atoms with van der Waals surface area (Å²) in [5.74, 6) is 0.595. The highest BCUT2D eigenvalue weighted by atomic mass is 16.5. The summed E-state index contributed by atoms with van der Waals surface area (Å²) in [6.07, 6.45) is 2.80. The minimum Gasteiger partial charge on any atom is -0.496 e. The minimum atomic E-state index is -0.149. The lowest BCUT2D eigenvalue weighted by atomic mass is 10.1. The first-order chi connectivity index (χ1) is 12.2. The number of carbonyl (C=O) groups is 2. The van der Waals surface area contributed by atoms with Gasteiger partial charge in [0.2, 0.25) is 0 Å². The van der Waals surface area contributed by atoms with E-state index in [2.05, 4.69) is 10.6 Å². The number of carbonyl (C=O) groups excluding carboxylic acids is 2. The maximum Gasteiger partial charge on any atom is 0.251 e. The zero-order valence-corrected chi connectivity index (χ0v) is 14.2. The molecule has 0 atom stereocenters. The summed E-state index contributed by atoms with van der Waals surface area (Å²) in [6, 6.07) is 14.8. The first-order valence-corrected chi connectivity index (χ1v) is 8.48. The fraction of sp³-hybridized carbons (Fsp3) is 0.300. The van der Waals surface area contributed by atoms with Gasteiger partial charge < -0.3 is 15.4 Å². The summed E-state index contributed by atoms with van der Waals surface area (Å²) in [4.78, 5) is 24.2. The predicted molar refractivity (Wildman–Crippen MR) is 96.0 cm³/mol. The highest BCUT2D eigenvalue weighted by molar-refractivity contribution is 5.98. The van der Waals surface area contributed by atoms with Crippen LogP contribution in [0.15, 0.2) is 48.5 Å². The van der Waals surface area contributed by atoms with Gasteiger partial charge in [0.05, 0.1) is 7.11 Å². The summed E-state index contributed by atoms with van der Waals surface area (Å²) < 4.78 is 5.30. The van der Waals surface area contributed by atoms with E-state index in [4.69, 9.17) is 4.74 Å². The van der Waals surface area contributed by atoms with Gasteiger partial charge in [0.1, 0.15) is 5.75 Å². The number of amides is 2. The molecule has 0 radical (unpaired) electrons. The van der Waals surface area contributed by atoms with Crippen LogP contribution in [0.25, 0.3) is 0 Å². The molecule has 2 amide bonds. The van der Waals surface area contributed by atoms with E-state index in [1.165, 1.54) is 0 Å². The third-order valence-corrected chi connectivity index (χ3v) is 4.19. The summed E-state index contributed by atoms with van der Waals surface area (Å²) >= 11 is 0. The van der Waals surface area contributed by atoms with Gasteiger partial charge in [0.25, 0.3) is 11.8 Å². The van der Waals surface area contributed by atoms with E-state index in [9.17, 15) is 9.59 Å². The molecule has 1 aliphatic carbocycles. The van der Waals surface area contributed by atoms with Crippen molar-refractivity contribution in [2.24, 2.45) is 0 Å². The third-order valence-electron chi connectivity index (χ3n) is 4.19. The number of benzene rings is 2. The third kappa shape index (κ3) is 4.59. The van der Waals surface area contributed by atoms with Gasteiger partial charge in [-0.1, -0.05) is 18.2 Å². The van der Waals surface area contributed by atoms with Crippen molar-refractivity contribution < 1.29 is 14.3 Å². The Morgan fingerprint density at radius 3 is 2.28 bits per heavy atom. The molecule has 2 N–H and O–H groups in total. The molecule has 5 nitrogen and oxygen atoms in total. The van der Waals surface area contributed by atoms with Crippen molar-refractivity contribution in [1.29, 1.82) is 0 Å². The van der Waals surface area contributed by atoms with Crippen LogP contribution in [0.1, 0.15) is 39.1 Å². The summed E-state index contributed by atoms with van der Waals surface area (Å²) in [6.45, 7) is 0.517. The molecule has 130 valence electrons. The number of hydrogen-bond acceptors (Lipinski definition) is 3.